The third-order valence-electron chi connectivity index (χ3n) is 4.45. The maximum absolute atomic E-state index is 11.7. The second-order valence-corrected chi connectivity index (χ2v) is 6.51. The van der Waals surface area contributed by atoms with E-state index in [-0.39, 0.29) is 5.91 Å². The van der Waals surface area contributed by atoms with Crippen molar-refractivity contribution in [2.24, 2.45) is 11.8 Å². The van der Waals surface area contributed by atoms with Gasteiger partial charge in [-0.2, -0.15) is 0 Å². The van der Waals surface area contributed by atoms with Gasteiger partial charge in [-0.15, -0.1) is 0 Å². The van der Waals surface area contributed by atoms with Gasteiger partial charge in [-0.3, -0.25) is 9.69 Å². The van der Waals surface area contributed by atoms with Gasteiger partial charge in [0.1, 0.15) is 5.75 Å². The number of phenols is 1. The summed E-state index contributed by atoms with van der Waals surface area (Å²) in [5.41, 5.74) is 1.15. The summed E-state index contributed by atoms with van der Waals surface area (Å²) in [5, 5.41) is 12.6. The van der Waals surface area contributed by atoms with Crippen molar-refractivity contribution in [3.05, 3.63) is 29.8 Å². The first kappa shape index (κ1) is 14.4. The van der Waals surface area contributed by atoms with E-state index in [0.29, 0.717) is 17.6 Å². The van der Waals surface area contributed by atoms with Gasteiger partial charge in [-0.25, -0.2) is 0 Å². The van der Waals surface area contributed by atoms with Crippen LogP contribution in [0.15, 0.2) is 24.3 Å². The number of hydrogen-bond donors (Lipinski definition) is 2. The van der Waals surface area contributed by atoms with Crippen LogP contribution in [-0.4, -0.2) is 35.5 Å². The topological polar surface area (TPSA) is 52.6 Å². The van der Waals surface area contributed by atoms with Crippen molar-refractivity contribution in [2.45, 2.75) is 32.2 Å². The van der Waals surface area contributed by atoms with E-state index in [0.717, 1.165) is 44.6 Å². The summed E-state index contributed by atoms with van der Waals surface area (Å²) in [5.74, 6) is 1.78. The minimum absolute atomic E-state index is 0.226. The molecule has 1 heterocycles. The molecule has 1 aromatic rings. The standard InChI is InChI=1S/C17H24N2O2/c20-16-3-1-2-14(8-16)11-19-7-6-15(12-19)10-18-17(21)9-13-4-5-13/h1-3,8,13,15,20H,4-7,9-12H2,(H,18,21)/t15-/m1/s1. The zero-order valence-electron chi connectivity index (χ0n) is 12.4. The number of nitrogens with zero attached hydrogens (tertiary/aromatic N) is 1. The molecule has 0 bridgehead atoms. The van der Waals surface area contributed by atoms with Gasteiger partial charge in [-0.1, -0.05) is 12.1 Å². The van der Waals surface area contributed by atoms with Crippen LogP contribution in [0.1, 0.15) is 31.2 Å². The average molecular weight is 288 g/mol. The summed E-state index contributed by atoms with van der Waals surface area (Å²) in [6.07, 6.45) is 4.32. The Morgan fingerprint density at radius 1 is 1.29 bits per heavy atom. The quantitative estimate of drug-likeness (QED) is 0.843. The largest absolute Gasteiger partial charge is 0.508 e. The van der Waals surface area contributed by atoms with Crippen LogP contribution in [0.4, 0.5) is 0 Å². The van der Waals surface area contributed by atoms with Crippen LogP contribution in [-0.2, 0) is 11.3 Å². The van der Waals surface area contributed by atoms with Crippen LogP contribution in [0.2, 0.25) is 0 Å². The molecule has 114 valence electrons. The Kier molecular flexibility index (Phi) is 4.44. The highest BCUT2D eigenvalue weighted by molar-refractivity contribution is 5.76. The minimum atomic E-state index is 0.226. The smallest absolute Gasteiger partial charge is 0.220 e. The molecule has 2 aliphatic rings. The molecule has 1 saturated carbocycles. The predicted molar refractivity (Wildman–Crippen MR) is 81.8 cm³/mol. The highest BCUT2D eigenvalue weighted by Gasteiger charge is 2.26. The van der Waals surface area contributed by atoms with Crippen molar-refractivity contribution in [3.63, 3.8) is 0 Å². The monoisotopic (exact) mass is 288 g/mol. The third kappa shape index (κ3) is 4.46. The van der Waals surface area contributed by atoms with Gasteiger partial charge in [0.05, 0.1) is 0 Å². The van der Waals surface area contributed by atoms with E-state index in [9.17, 15) is 9.90 Å². The van der Waals surface area contributed by atoms with Crippen LogP contribution in [0.3, 0.4) is 0 Å². The molecule has 1 atom stereocenters. The van der Waals surface area contributed by atoms with Gasteiger partial charge in [0.2, 0.25) is 5.91 Å². The number of amides is 1. The Morgan fingerprint density at radius 3 is 2.90 bits per heavy atom. The molecular formula is C17H24N2O2. The lowest BCUT2D eigenvalue weighted by Gasteiger charge is -2.16. The van der Waals surface area contributed by atoms with Crippen LogP contribution in [0, 0.1) is 11.8 Å². The first-order valence-electron chi connectivity index (χ1n) is 7.96. The molecule has 1 aliphatic heterocycles. The van der Waals surface area contributed by atoms with E-state index in [4.69, 9.17) is 0 Å². The number of carbonyl (C=O) groups is 1. The first-order chi connectivity index (χ1) is 10.2. The van der Waals surface area contributed by atoms with Gasteiger partial charge in [0.25, 0.3) is 0 Å². The fourth-order valence-electron chi connectivity index (χ4n) is 3.05. The average Bonchev–Trinajstić information content (AvgIpc) is 3.14. The summed E-state index contributed by atoms with van der Waals surface area (Å²) in [6, 6.07) is 7.46. The molecule has 3 rings (SSSR count). The lowest BCUT2D eigenvalue weighted by atomic mass is 10.1. The molecule has 1 amide bonds. The maximum Gasteiger partial charge on any atom is 0.220 e. The molecule has 0 spiro atoms. The number of phenolic OH excluding ortho intramolecular Hbond substituents is 1. The highest BCUT2D eigenvalue weighted by Crippen LogP contribution is 2.32. The summed E-state index contributed by atoms with van der Waals surface area (Å²) in [4.78, 5) is 14.1. The van der Waals surface area contributed by atoms with E-state index >= 15 is 0 Å². The number of likely N-dealkylation sites (tertiary alicyclic amines) is 1. The fourth-order valence-corrected chi connectivity index (χ4v) is 3.05. The lowest BCUT2D eigenvalue weighted by Crippen LogP contribution is -2.31. The predicted octanol–water partition coefficient (Wildman–Crippen LogP) is 2.13. The van der Waals surface area contributed by atoms with E-state index in [1.807, 2.05) is 18.2 Å². The van der Waals surface area contributed by atoms with Crippen molar-refractivity contribution in [3.8, 4) is 5.75 Å². The molecule has 4 heteroatoms. The second kappa shape index (κ2) is 6.48. The summed E-state index contributed by atoms with van der Waals surface area (Å²) < 4.78 is 0. The summed E-state index contributed by atoms with van der Waals surface area (Å²) in [6.45, 7) is 3.78. The summed E-state index contributed by atoms with van der Waals surface area (Å²) >= 11 is 0. The molecule has 2 N–H and O–H groups in total. The molecule has 2 fully saturated rings. The van der Waals surface area contributed by atoms with Gasteiger partial charge < -0.3 is 10.4 Å². The molecule has 0 aromatic heterocycles. The van der Waals surface area contributed by atoms with Gasteiger partial charge >= 0.3 is 0 Å². The Hall–Kier alpha value is -1.55. The molecule has 0 unspecified atom stereocenters. The van der Waals surface area contributed by atoms with Crippen molar-refractivity contribution in [2.75, 3.05) is 19.6 Å². The van der Waals surface area contributed by atoms with Crippen LogP contribution >= 0.6 is 0 Å². The number of carbonyl (C=O) groups excluding carboxylic acids is 1. The highest BCUT2D eigenvalue weighted by atomic mass is 16.3. The van der Waals surface area contributed by atoms with Crippen molar-refractivity contribution in [1.29, 1.82) is 0 Å². The van der Waals surface area contributed by atoms with Gasteiger partial charge in [0.15, 0.2) is 0 Å². The molecule has 21 heavy (non-hydrogen) atoms. The van der Waals surface area contributed by atoms with E-state index in [1.165, 1.54) is 12.8 Å². The number of nitrogens with one attached hydrogen (secondary N) is 1. The van der Waals surface area contributed by atoms with Crippen LogP contribution in [0.5, 0.6) is 5.75 Å². The number of rotatable bonds is 6. The number of benzene rings is 1. The van der Waals surface area contributed by atoms with Crippen molar-refractivity contribution >= 4 is 5.91 Å². The number of aromatic hydroxyl groups is 1. The zero-order chi connectivity index (χ0) is 14.7. The Morgan fingerprint density at radius 2 is 2.14 bits per heavy atom. The third-order valence-corrected chi connectivity index (χ3v) is 4.45. The minimum Gasteiger partial charge on any atom is -0.508 e. The molecule has 4 nitrogen and oxygen atoms in total. The Bertz CT molecular complexity index is 499. The molecule has 1 saturated heterocycles. The zero-order valence-corrected chi connectivity index (χ0v) is 12.4. The van der Waals surface area contributed by atoms with Crippen LogP contribution < -0.4 is 5.32 Å². The Balaban J connectivity index is 1.39. The summed E-state index contributed by atoms with van der Waals surface area (Å²) in [7, 11) is 0. The van der Waals surface area contributed by atoms with Gasteiger partial charge in [-0.05, 0) is 55.3 Å². The van der Waals surface area contributed by atoms with Crippen LogP contribution in [0.25, 0.3) is 0 Å². The fraction of sp³-hybridized carbons (Fsp3) is 0.588. The SMILES string of the molecule is O=C(CC1CC1)NC[C@H]1CCN(Cc2cccc(O)c2)C1. The molecular weight excluding hydrogens is 264 g/mol. The Labute approximate surface area is 126 Å². The second-order valence-electron chi connectivity index (χ2n) is 6.51. The van der Waals surface area contributed by atoms with E-state index in [2.05, 4.69) is 10.2 Å². The molecule has 1 aliphatic carbocycles. The van der Waals surface area contributed by atoms with Gasteiger partial charge in [0, 0.05) is 26.1 Å². The van der Waals surface area contributed by atoms with E-state index < -0.39 is 0 Å². The maximum atomic E-state index is 11.7. The molecule has 0 radical (unpaired) electrons. The lowest BCUT2D eigenvalue weighted by molar-refractivity contribution is -0.121. The van der Waals surface area contributed by atoms with Crippen molar-refractivity contribution < 1.29 is 9.90 Å². The normalized spacial score (nSPS) is 22.4. The molecule has 1 aromatic carbocycles. The number of hydrogen-bond acceptors (Lipinski definition) is 3. The first-order valence-corrected chi connectivity index (χ1v) is 7.96. The van der Waals surface area contributed by atoms with E-state index in [1.54, 1.807) is 6.07 Å². The van der Waals surface area contributed by atoms with Crippen molar-refractivity contribution in [1.82, 2.24) is 10.2 Å².